The zero-order valence-electron chi connectivity index (χ0n) is 16.7. The molecule has 1 aromatic carbocycles. The van der Waals surface area contributed by atoms with E-state index in [4.69, 9.17) is 21.1 Å². The fourth-order valence-corrected chi connectivity index (χ4v) is 3.65. The van der Waals surface area contributed by atoms with E-state index in [1.165, 1.54) is 0 Å². The lowest BCUT2D eigenvalue weighted by molar-refractivity contribution is 0.0290. The zero-order valence-corrected chi connectivity index (χ0v) is 17.4. The summed E-state index contributed by atoms with van der Waals surface area (Å²) in [6, 6.07) is 5.26. The monoisotopic (exact) mass is 409 g/mol. The average molecular weight is 410 g/mol. The number of rotatable bonds is 3. The van der Waals surface area contributed by atoms with E-state index in [1.807, 2.05) is 26.8 Å². The van der Waals surface area contributed by atoms with E-state index in [0.717, 1.165) is 18.8 Å². The number of carbonyl (C=O) groups excluding carboxylic acids is 2. The van der Waals surface area contributed by atoms with Crippen molar-refractivity contribution in [1.29, 1.82) is 0 Å². The van der Waals surface area contributed by atoms with Crippen LogP contribution in [0.2, 0.25) is 5.02 Å². The van der Waals surface area contributed by atoms with Crippen LogP contribution < -0.4 is 10.2 Å². The van der Waals surface area contributed by atoms with Gasteiger partial charge in [0.25, 0.3) is 5.91 Å². The highest BCUT2D eigenvalue weighted by Crippen LogP contribution is 2.28. The number of hydrogen-bond donors (Lipinski definition) is 1. The van der Waals surface area contributed by atoms with Gasteiger partial charge in [-0.05, 0) is 45.4 Å². The number of morpholine rings is 1. The van der Waals surface area contributed by atoms with Crippen LogP contribution in [-0.2, 0) is 9.47 Å². The van der Waals surface area contributed by atoms with E-state index in [-0.39, 0.29) is 18.0 Å². The lowest BCUT2D eigenvalue weighted by Crippen LogP contribution is -2.40. The van der Waals surface area contributed by atoms with Crippen molar-refractivity contribution >= 4 is 29.3 Å². The number of hydrogen-bond acceptors (Lipinski definition) is 5. The molecule has 2 heterocycles. The molecule has 28 heavy (non-hydrogen) atoms. The van der Waals surface area contributed by atoms with Gasteiger partial charge in [-0.1, -0.05) is 11.6 Å². The van der Waals surface area contributed by atoms with E-state index in [9.17, 15) is 9.59 Å². The zero-order chi connectivity index (χ0) is 20.3. The third kappa shape index (κ3) is 5.29. The molecule has 2 aliphatic rings. The molecule has 3 rings (SSSR count). The molecule has 1 aromatic rings. The number of carbonyl (C=O) groups is 2. The summed E-state index contributed by atoms with van der Waals surface area (Å²) in [6.07, 6.45) is 0.354. The van der Waals surface area contributed by atoms with Crippen LogP contribution in [0.5, 0.6) is 0 Å². The summed E-state index contributed by atoms with van der Waals surface area (Å²) in [7, 11) is 0. The lowest BCUT2D eigenvalue weighted by Gasteiger charge is -2.29. The lowest BCUT2D eigenvalue weighted by atomic mass is 10.1. The number of anilines is 1. The fraction of sp³-hybridized carbons (Fsp3) is 0.600. The molecule has 2 saturated heterocycles. The second-order valence-corrected chi connectivity index (χ2v) is 8.56. The number of benzene rings is 1. The maximum absolute atomic E-state index is 12.6. The summed E-state index contributed by atoms with van der Waals surface area (Å²) < 4.78 is 10.8. The maximum Gasteiger partial charge on any atom is 0.410 e. The molecule has 0 saturated carbocycles. The molecule has 1 atom stereocenters. The Labute approximate surface area is 170 Å². The van der Waals surface area contributed by atoms with Gasteiger partial charge in [0.05, 0.1) is 23.9 Å². The minimum Gasteiger partial charge on any atom is -0.444 e. The van der Waals surface area contributed by atoms with Crippen molar-refractivity contribution in [3.8, 4) is 0 Å². The van der Waals surface area contributed by atoms with Crippen LogP contribution in [0.4, 0.5) is 10.5 Å². The Hall–Kier alpha value is -1.99. The molecule has 0 bridgehead atoms. The highest BCUT2D eigenvalue weighted by Gasteiger charge is 2.30. The fourth-order valence-electron chi connectivity index (χ4n) is 3.35. The third-order valence-electron chi connectivity index (χ3n) is 4.74. The van der Waals surface area contributed by atoms with Crippen molar-refractivity contribution in [2.75, 3.05) is 44.3 Å². The van der Waals surface area contributed by atoms with E-state index in [0.29, 0.717) is 43.3 Å². The molecule has 2 aliphatic heterocycles. The number of nitrogens with zero attached hydrogens (tertiary/aromatic N) is 2. The maximum atomic E-state index is 12.6. The van der Waals surface area contributed by atoms with Gasteiger partial charge in [0.2, 0.25) is 0 Å². The highest BCUT2D eigenvalue weighted by atomic mass is 35.5. The van der Waals surface area contributed by atoms with Crippen molar-refractivity contribution in [3.05, 3.63) is 28.8 Å². The standard InChI is InChI=1S/C20H28ClN3O4/c1-20(2,3)28-19(26)24-7-6-15(13-24)22-18(25)14-4-5-17(16(21)12-14)23-8-10-27-11-9-23/h4-5,12,15H,6-11,13H2,1-3H3,(H,22,25)/t15-/m1/s1. The van der Waals surface area contributed by atoms with E-state index in [1.54, 1.807) is 17.0 Å². The molecular formula is C20H28ClN3O4. The summed E-state index contributed by atoms with van der Waals surface area (Å²) in [5, 5.41) is 3.54. The molecule has 8 heteroatoms. The predicted molar refractivity (Wildman–Crippen MR) is 108 cm³/mol. The predicted octanol–water partition coefficient (Wildman–Crippen LogP) is 2.92. The third-order valence-corrected chi connectivity index (χ3v) is 5.04. The smallest absolute Gasteiger partial charge is 0.410 e. The van der Waals surface area contributed by atoms with Gasteiger partial charge in [-0.2, -0.15) is 0 Å². The van der Waals surface area contributed by atoms with Crippen molar-refractivity contribution in [3.63, 3.8) is 0 Å². The SMILES string of the molecule is CC(C)(C)OC(=O)N1CC[C@@H](NC(=O)c2ccc(N3CCOCC3)c(Cl)c2)C1. The van der Waals surface area contributed by atoms with Crippen molar-refractivity contribution in [2.24, 2.45) is 0 Å². The van der Waals surface area contributed by atoms with Crippen molar-refractivity contribution < 1.29 is 19.1 Å². The Morgan fingerprint density at radius 1 is 1.21 bits per heavy atom. The van der Waals surface area contributed by atoms with Gasteiger partial charge in [-0.15, -0.1) is 0 Å². The molecule has 2 amide bonds. The van der Waals surface area contributed by atoms with Gasteiger partial charge in [-0.3, -0.25) is 4.79 Å². The number of halogens is 1. The summed E-state index contributed by atoms with van der Waals surface area (Å²) in [6.45, 7) is 9.45. The normalized spacial score (nSPS) is 20.2. The summed E-state index contributed by atoms with van der Waals surface area (Å²) in [5.74, 6) is -0.188. The van der Waals surface area contributed by atoms with Crippen LogP contribution in [0.3, 0.4) is 0 Å². The van der Waals surface area contributed by atoms with Gasteiger partial charge in [0, 0.05) is 37.8 Å². The van der Waals surface area contributed by atoms with Gasteiger partial charge >= 0.3 is 6.09 Å². The van der Waals surface area contributed by atoms with Crippen molar-refractivity contribution in [2.45, 2.75) is 38.8 Å². The molecule has 2 fully saturated rings. The topological polar surface area (TPSA) is 71.1 Å². The second kappa shape index (κ2) is 8.57. The quantitative estimate of drug-likeness (QED) is 0.831. The molecule has 0 spiro atoms. The first-order valence-electron chi connectivity index (χ1n) is 9.64. The first-order valence-corrected chi connectivity index (χ1v) is 10.0. The van der Waals surface area contributed by atoms with E-state index in [2.05, 4.69) is 10.2 Å². The average Bonchev–Trinajstić information content (AvgIpc) is 3.09. The van der Waals surface area contributed by atoms with Crippen LogP contribution in [0.25, 0.3) is 0 Å². The summed E-state index contributed by atoms with van der Waals surface area (Å²) >= 11 is 6.42. The first-order chi connectivity index (χ1) is 13.2. The minimum absolute atomic E-state index is 0.0993. The van der Waals surface area contributed by atoms with Gasteiger partial charge < -0.3 is 24.6 Å². The Kier molecular flexibility index (Phi) is 6.35. The number of amides is 2. The van der Waals surface area contributed by atoms with Crippen LogP contribution >= 0.6 is 11.6 Å². The van der Waals surface area contributed by atoms with Gasteiger partial charge in [0.1, 0.15) is 5.60 Å². The molecule has 0 aliphatic carbocycles. The molecule has 0 radical (unpaired) electrons. The highest BCUT2D eigenvalue weighted by molar-refractivity contribution is 6.33. The molecule has 0 aromatic heterocycles. The molecule has 7 nitrogen and oxygen atoms in total. The number of nitrogens with one attached hydrogen (secondary N) is 1. The van der Waals surface area contributed by atoms with E-state index < -0.39 is 5.60 Å². The minimum atomic E-state index is -0.530. The van der Waals surface area contributed by atoms with Crippen LogP contribution in [0, 0.1) is 0 Å². The molecule has 1 N–H and O–H groups in total. The number of likely N-dealkylation sites (tertiary alicyclic amines) is 1. The molecule has 154 valence electrons. The van der Waals surface area contributed by atoms with Crippen LogP contribution in [0.1, 0.15) is 37.6 Å². The van der Waals surface area contributed by atoms with Crippen molar-refractivity contribution in [1.82, 2.24) is 10.2 Å². The van der Waals surface area contributed by atoms with Gasteiger partial charge in [0.15, 0.2) is 0 Å². The second-order valence-electron chi connectivity index (χ2n) is 8.15. The molecule has 0 unspecified atom stereocenters. The van der Waals surface area contributed by atoms with Crippen LogP contribution in [-0.4, -0.2) is 67.9 Å². The molecular weight excluding hydrogens is 382 g/mol. The first kappa shape index (κ1) is 20.7. The Morgan fingerprint density at radius 3 is 2.57 bits per heavy atom. The van der Waals surface area contributed by atoms with E-state index >= 15 is 0 Å². The Bertz CT molecular complexity index is 729. The summed E-state index contributed by atoms with van der Waals surface area (Å²) in [5.41, 5.74) is 0.897. The summed E-state index contributed by atoms with van der Waals surface area (Å²) in [4.78, 5) is 28.5. The largest absolute Gasteiger partial charge is 0.444 e. The Balaban J connectivity index is 1.56. The van der Waals surface area contributed by atoms with Gasteiger partial charge in [-0.25, -0.2) is 4.79 Å². The van der Waals surface area contributed by atoms with Crippen LogP contribution in [0.15, 0.2) is 18.2 Å². The Morgan fingerprint density at radius 2 is 1.93 bits per heavy atom. The number of ether oxygens (including phenoxy) is 2.